The van der Waals surface area contributed by atoms with Crippen LogP contribution in [0.1, 0.15) is 28.9 Å². The molecule has 4 heterocycles. The molecule has 0 aliphatic carbocycles. The SMILES string of the molecule is Cc1cnc(OC2CCN(C(=O)c3nccc4[nH]ccc34)CC2)nc1. The third-order valence-corrected chi connectivity index (χ3v) is 4.44. The minimum atomic E-state index is -0.0322. The Morgan fingerprint density at radius 3 is 2.72 bits per heavy atom. The quantitative estimate of drug-likeness (QED) is 0.793. The van der Waals surface area contributed by atoms with Crippen molar-refractivity contribution in [1.82, 2.24) is 24.8 Å². The Balaban J connectivity index is 1.40. The Bertz CT molecular complexity index is 882. The summed E-state index contributed by atoms with van der Waals surface area (Å²) in [6.45, 7) is 3.21. The molecule has 3 aromatic heterocycles. The normalized spacial score (nSPS) is 15.5. The van der Waals surface area contributed by atoms with Gasteiger partial charge in [-0.15, -0.1) is 0 Å². The van der Waals surface area contributed by atoms with Crippen molar-refractivity contribution in [2.24, 2.45) is 0 Å². The van der Waals surface area contributed by atoms with E-state index in [0.29, 0.717) is 24.8 Å². The first-order valence-corrected chi connectivity index (χ1v) is 8.37. The molecule has 0 saturated carbocycles. The number of amides is 1. The molecule has 0 spiro atoms. The minimum Gasteiger partial charge on any atom is -0.460 e. The molecule has 7 nitrogen and oxygen atoms in total. The van der Waals surface area contributed by atoms with Crippen LogP contribution in [0.4, 0.5) is 0 Å². The van der Waals surface area contributed by atoms with Gasteiger partial charge in [-0.2, -0.15) is 0 Å². The number of aromatic amines is 1. The molecule has 0 atom stereocenters. The number of hydrogen-bond acceptors (Lipinski definition) is 5. The summed E-state index contributed by atoms with van der Waals surface area (Å²) in [5.74, 6) is -0.0322. The standard InChI is InChI=1S/C18H19N5O2/c1-12-10-21-18(22-11-12)25-13-4-8-23(9-5-13)17(24)16-14-2-6-19-15(14)3-7-20-16/h2-3,6-7,10-11,13,19H,4-5,8-9H2,1H3. The van der Waals surface area contributed by atoms with Crippen molar-refractivity contribution in [3.8, 4) is 6.01 Å². The highest BCUT2D eigenvalue weighted by Gasteiger charge is 2.26. The van der Waals surface area contributed by atoms with Crippen LogP contribution >= 0.6 is 0 Å². The average Bonchev–Trinajstić information content (AvgIpc) is 3.12. The van der Waals surface area contributed by atoms with E-state index in [4.69, 9.17) is 4.74 Å². The van der Waals surface area contributed by atoms with Gasteiger partial charge in [0.2, 0.25) is 0 Å². The fraction of sp³-hybridized carbons (Fsp3) is 0.333. The summed E-state index contributed by atoms with van der Waals surface area (Å²) in [6, 6.07) is 4.16. The van der Waals surface area contributed by atoms with E-state index in [-0.39, 0.29) is 12.0 Å². The zero-order chi connectivity index (χ0) is 17.2. The Labute approximate surface area is 145 Å². The zero-order valence-corrected chi connectivity index (χ0v) is 14.0. The molecule has 0 bridgehead atoms. The largest absolute Gasteiger partial charge is 0.460 e. The predicted molar refractivity (Wildman–Crippen MR) is 92.4 cm³/mol. The van der Waals surface area contributed by atoms with Gasteiger partial charge in [-0.3, -0.25) is 9.78 Å². The number of aromatic nitrogens is 4. The molecule has 0 radical (unpaired) electrons. The first-order valence-electron chi connectivity index (χ1n) is 8.37. The molecular weight excluding hydrogens is 318 g/mol. The lowest BCUT2D eigenvalue weighted by Crippen LogP contribution is -2.42. The van der Waals surface area contributed by atoms with Gasteiger partial charge in [0, 0.05) is 61.6 Å². The lowest BCUT2D eigenvalue weighted by atomic mass is 10.1. The molecule has 4 rings (SSSR count). The number of ether oxygens (including phenoxy) is 1. The van der Waals surface area contributed by atoms with E-state index in [9.17, 15) is 4.79 Å². The van der Waals surface area contributed by atoms with Crippen LogP contribution in [0.5, 0.6) is 6.01 Å². The fourth-order valence-corrected chi connectivity index (χ4v) is 3.07. The second-order valence-electron chi connectivity index (χ2n) is 6.25. The molecule has 1 amide bonds. The van der Waals surface area contributed by atoms with E-state index in [1.54, 1.807) is 18.6 Å². The van der Waals surface area contributed by atoms with Crippen LogP contribution in [0.3, 0.4) is 0 Å². The van der Waals surface area contributed by atoms with Gasteiger partial charge in [-0.25, -0.2) is 9.97 Å². The summed E-state index contributed by atoms with van der Waals surface area (Å²) in [7, 11) is 0. The summed E-state index contributed by atoms with van der Waals surface area (Å²) in [6.07, 6.45) is 8.51. The second kappa shape index (κ2) is 6.51. The lowest BCUT2D eigenvalue weighted by molar-refractivity contribution is 0.0575. The monoisotopic (exact) mass is 337 g/mol. The van der Waals surface area contributed by atoms with Gasteiger partial charge < -0.3 is 14.6 Å². The van der Waals surface area contributed by atoms with Crippen LogP contribution in [0.25, 0.3) is 10.9 Å². The number of likely N-dealkylation sites (tertiary alicyclic amines) is 1. The Morgan fingerprint density at radius 1 is 1.20 bits per heavy atom. The van der Waals surface area contributed by atoms with Crippen molar-refractivity contribution >= 4 is 16.8 Å². The predicted octanol–water partition coefficient (Wildman–Crippen LogP) is 2.34. The number of aryl methyl sites for hydroxylation is 1. The number of rotatable bonds is 3. The maximum absolute atomic E-state index is 12.8. The average molecular weight is 337 g/mol. The Hall–Kier alpha value is -2.96. The third kappa shape index (κ3) is 3.17. The van der Waals surface area contributed by atoms with Crippen LogP contribution < -0.4 is 4.74 Å². The molecule has 1 N–H and O–H groups in total. The van der Waals surface area contributed by atoms with E-state index in [1.165, 1.54) is 0 Å². The summed E-state index contributed by atoms with van der Waals surface area (Å²) in [5, 5.41) is 0.860. The van der Waals surface area contributed by atoms with Crippen molar-refractivity contribution < 1.29 is 9.53 Å². The van der Waals surface area contributed by atoms with Gasteiger partial charge in [0.1, 0.15) is 11.8 Å². The molecule has 0 unspecified atom stereocenters. The molecule has 1 aliphatic rings. The first kappa shape index (κ1) is 15.6. The van der Waals surface area contributed by atoms with Crippen molar-refractivity contribution in [2.75, 3.05) is 13.1 Å². The zero-order valence-electron chi connectivity index (χ0n) is 14.0. The van der Waals surface area contributed by atoms with Crippen molar-refractivity contribution in [1.29, 1.82) is 0 Å². The van der Waals surface area contributed by atoms with E-state index >= 15 is 0 Å². The summed E-state index contributed by atoms with van der Waals surface area (Å²) in [5.41, 5.74) is 2.42. The molecule has 25 heavy (non-hydrogen) atoms. The number of nitrogens with one attached hydrogen (secondary N) is 1. The van der Waals surface area contributed by atoms with Gasteiger partial charge in [-0.05, 0) is 24.6 Å². The Morgan fingerprint density at radius 2 is 1.96 bits per heavy atom. The molecule has 3 aromatic rings. The van der Waals surface area contributed by atoms with Gasteiger partial charge in [0.25, 0.3) is 5.91 Å². The van der Waals surface area contributed by atoms with Crippen LogP contribution in [0, 0.1) is 6.92 Å². The molecular formula is C18H19N5O2. The summed E-state index contributed by atoms with van der Waals surface area (Å²) >= 11 is 0. The molecule has 7 heteroatoms. The molecule has 1 aliphatic heterocycles. The van der Waals surface area contributed by atoms with Crippen LogP contribution in [-0.4, -0.2) is 49.9 Å². The van der Waals surface area contributed by atoms with E-state index in [1.807, 2.05) is 30.2 Å². The number of fused-ring (bicyclic) bond motifs is 1. The third-order valence-electron chi connectivity index (χ3n) is 4.44. The van der Waals surface area contributed by atoms with Gasteiger partial charge >= 0.3 is 6.01 Å². The number of pyridine rings is 1. The number of nitrogens with zero attached hydrogens (tertiary/aromatic N) is 4. The van der Waals surface area contributed by atoms with E-state index in [0.717, 1.165) is 29.3 Å². The molecule has 128 valence electrons. The number of piperidine rings is 1. The van der Waals surface area contributed by atoms with E-state index < -0.39 is 0 Å². The fourth-order valence-electron chi connectivity index (χ4n) is 3.07. The Kier molecular flexibility index (Phi) is 4.05. The number of carbonyl (C=O) groups excluding carboxylic acids is 1. The topological polar surface area (TPSA) is 84.0 Å². The highest BCUT2D eigenvalue weighted by Crippen LogP contribution is 2.21. The van der Waals surface area contributed by atoms with Crippen molar-refractivity contribution in [2.45, 2.75) is 25.9 Å². The molecule has 1 saturated heterocycles. The summed E-state index contributed by atoms with van der Waals surface area (Å²) < 4.78 is 5.82. The number of hydrogen-bond donors (Lipinski definition) is 1. The molecule has 1 fully saturated rings. The summed E-state index contributed by atoms with van der Waals surface area (Å²) in [4.78, 5) is 30.4. The second-order valence-corrected chi connectivity index (χ2v) is 6.25. The van der Waals surface area contributed by atoms with Crippen molar-refractivity contribution in [3.05, 3.63) is 48.2 Å². The van der Waals surface area contributed by atoms with Crippen LogP contribution in [-0.2, 0) is 0 Å². The van der Waals surface area contributed by atoms with E-state index in [2.05, 4.69) is 19.9 Å². The highest BCUT2D eigenvalue weighted by molar-refractivity contribution is 6.04. The van der Waals surface area contributed by atoms with Crippen LogP contribution in [0.2, 0.25) is 0 Å². The number of H-pyrrole nitrogens is 1. The number of carbonyl (C=O) groups is 1. The first-order chi connectivity index (χ1) is 12.2. The van der Waals surface area contributed by atoms with Gasteiger partial charge in [0.15, 0.2) is 0 Å². The smallest absolute Gasteiger partial charge is 0.316 e. The maximum atomic E-state index is 12.8. The molecule has 0 aromatic carbocycles. The minimum absolute atomic E-state index is 0.0303. The lowest BCUT2D eigenvalue weighted by Gasteiger charge is -2.31. The van der Waals surface area contributed by atoms with Gasteiger partial charge in [0.05, 0.1) is 0 Å². The maximum Gasteiger partial charge on any atom is 0.316 e. The van der Waals surface area contributed by atoms with Crippen LogP contribution in [0.15, 0.2) is 36.9 Å². The highest BCUT2D eigenvalue weighted by atomic mass is 16.5. The van der Waals surface area contributed by atoms with Crippen molar-refractivity contribution in [3.63, 3.8) is 0 Å². The van der Waals surface area contributed by atoms with Gasteiger partial charge in [-0.1, -0.05) is 0 Å².